The third-order valence-electron chi connectivity index (χ3n) is 5.24. The van der Waals surface area contributed by atoms with Gasteiger partial charge in [-0.25, -0.2) is 8.42 Å². The van der Waals surface area contributed by atoms with E-state index < -0.39 is 16.1 Å². The number of nitrogens with one attached hydrogen (secondary N) is 1. The van der Waals surface area contributed by atoms with Crippen LogP contribution in [0.15, 0.2) is 42.5 Å². The Balaban J connectivity index is 2.20. The van der Waals surface area contributed by atoms with E-state index in [0.29, 0.717) is 27.2 Å². The molecule has 0 aliphatic heterocycles. The molecule has 0 spiro atoms. The molecule has 0 saturated carbocycles. The fraction of sp³-hybridized carbons (Fsp3) is 0.391. The number of halogens is 3. The highest BCUT2D eigenvalue weighted by molar-refractivity contribution is 7.92. The summed E-state index contributed by atoms with van der Waals surface area (Å²) in [5.41, 5.74) is 1.19. The second-order valence-electron chi connectivity index (χ2n) is 7.72. The Morgan fingerprint density at radius 3 is 2.21 bits per heavy atom. The van der Waals surface area contributed by atoms with Crippen molar-refractivity contribution in [2.24, 2.45) is 0 Å². The van der Waals surface area contributed by atoms with Gasteiger partial charge in [-0.2, -0.15) is 0 Å². The van der Waals surface area contributed by atoms with E-state index in [1.165, 1.54) is 16.3 Å². The molecule has 0 fully saturated rings. The number of benzene rings is 2. The van der Waals surface area contributed by atoms with Gasteiger partial charge >= 0.3 is 0 Å². The molecule has 0 heterocycles. The maximum absolute atomic E-state index is 13.2. The second kappa shape index (κ2) is 12.6. The van der Waals surface area contributed by atoms with Gasteiger partial charge in [0.05, 0.1) is 22.0 Å². The highest BCUT2D eigenvalue weighted by Gasteiger charge is 2.28. The van der Waals surface area contributed by atoms with Crippen LogP contribution in [0.1, 0.15) is 31.7 Å². The van der Waals surface area contributed by atoms with E-state index >= 15 is 0 Å². The van der Waals surface area contributed by atoms with E-state index in [4.69, 9.17) is 34.8 Å². The molecule has 2 amide bonds. The summed E-state index contributed by atoms with van der Waals surface area (Å²) in [5, 5.41) is 3.84. The van der Waals surface area contributed by atoms with Crippen molar-refractivity contribution in [3.8, 4) is 0 Å². The molecule has 2 aromatic rings. The normalized spacial score (nSPS) is 12.2. The van der Waals surface area contributed by atoms with Crippen LogP contribution in [0.3, 0.4) is 0 Å². The van der Waals surface area contributed by atoms with E-state index in [0.717, 1.165) is 11.8 Å². The zero-order chi connectivity index (χ0) is 25.5. The van der Waals surface area contributed by atoms with Gasteiger partial charge < -0.3 is 10.2 Å². The Kier molecular flexibility index (Phi) is 10.5. The van der Waals surface area contributed by atoms with Gasteiger partial charge in [0.1, 0.15) is 6.04 Å². The van der Waals surface area contributed by atoms with Crippen molar-refractivity contribution in [1.29, 1.82) is 0 Å². The number of nitrogens with zero attached hydrogens (tertiary/aromatic N) is 2. The number of sulfonamides is 1. The Hall–Kier alpha value is -2.00. The Labute approximate surface area is 216 Å². The van der Waals surface area contributed by atoms with Gasteiger partial charge in [0.25, 0.3) is 0 Å². The fourth-order valence-electron chi connectivity index (χ4n) is 3.53. The quantitative estimate of drug-likeness (QED) is 0.439. The number of amides is 2. The van der Waals surface area contributed by atoms with Crippen molar-refractivity contribution >= 4 is 62.3 Å². The summed E-state index contributed by atoms with van der Waals surface area (Å²) < 4.78 is 25.9. The van der Waals surface area contributed by atoms with Crippen LogP contribution in [-0.4, -0.2) is 51.0 Å². The van der Waals surface area contributed by atoms with E-state index in [-0.39, 0.29) is 37.7 Å². The minimum Gasteiger partial charge on any atom is -0.357 e. The number of carbonyl (C=O) groups excluding carboxylic acids is 2. The lowest BCUT2D eigenvalue weighted by Gasteiger charge is -2.31. The van der Waals surface area contributed by atoms with Crippen LogP contribution in [0.4, 0.5) is 5.69 Å². The van der Waals surface area contributed by atoms with Crippen LogP contribution < -0.4 is 9.62 Å². The maximum atomic E-state index is 13.2. The minimum absolute atomic E-state index is 0.0500. The number of hydrogen-bond donors (Lipinski definition) is 1. The predicted molar refractivity (Wildman–Crippen MR) is 138 cm³/mol. The SMILES string of the molecule is CCC(C(=O)NC)N(Cc1ccc(Cl)c(Cl)c1)C(=O)CCCN(c1ccc(Cl)cc1)S(C)(=O)=O. The molecule has 0 bridgehead atoms. The Bertz CT molecular complexity index is 1110. The molecule has 186 valence electrons. The number of anilines is 1. The van der Waals surface area contributed by atoms with Crippen molar-refractivity contribution in [3.63, 3.8) is 0 Å². The van der Waals surface area contributed by atoms with Gasteiger partial charge in [-0.1, -0.05) is 47.8 Å². The van der Waals surface area contributed by atoms with Crippen LogP contribution in [0, 0.1) is 0 Å². The van der Waals surface area contributed by atoms with Crippen molar-refractivity contribution in [1.82, 2.24) is 10.2 Å². The fourth-order valence-corrected chi connectivity index (χ4v) is 4.94. The van der Waals surface area contributed by atoms with E-state index in [9.17, 15) is 18.0 Å². The van der Waals surface area contributed by atoms with Crippen molar-refractivity contribution in [2.75, 3.05) is 24.2 Å². The van der Waals surface area contributed by atoms with Crippen molar-refractivity contribution < 1.29 is 18.0 Å². The van der Waals surface area contributed by atoms with Crippen LogP contribution >= 0.6 is 34.8 Å². The monoisotopic (exact) mass is 547 g/mol. The lowest BCUT2D eigenvalue weighted by Crippen LogP contribution is -2.48. The molecule has 11 heteroatoms. The van der Waals surface area contributed by atoms with Crippen molar-refractivity contribution in [3.05, 3.63) is 63.1 Å². The molecule has 0 aromatic heterocycles. The topological polar surface area (TPSA) is 86.8 Å². The average Bonchev–Trinajstić information content (AvgIpc) is 2.78. The summed E-state index contributed by atoms with van der Waals surface area (Å²) in [4.78, 5) is 27.2. The molecular formula is C23H28Cl3N3O4S. The van der Waals surface area contributed by atoms with Gasteiger partial charge in [0, 0.05) is 31.6 Å². The largest absolute Gasteiger partial charge is 0.357 e. The van der Waals surface area contributed by atoms with Gasteiger partial charge in [-0.3, -0.25) is 13.9 Å². The molecule has 34 heavy (non-hydrogen) atoms. The van der Waals surface area contributed by atoms with Crippen molar-refractivity contribution in [2.45, 2.75) is 38.8 Å². The lowest BCUT2D eigenvalue weighted by molar-refractivity contribution is -0.141. The summed E-state index contributed by atoms with van der Waals surface area (Å²) in [6.45, 7) is 2.08. The zero-order valence-corrected chi connectivity index (χ0v) is 22.3. The van der Waals surface area contributed by atoms with Crippen LogP contribution in [0.5, 0.6) is 0 Å². The molecule has 0 aliphatic rings. The zero-order valence-electron chi connectivity index (χ0n) is 19.2. The van der Waals surface area contributed by atoms with E-state index in [1.54, 1.807) is 42.5 Å². The summed E-state index contributed by atoms with van der Waals surface area (Å²) in [7, 11) is -2.05. The predicted octanol–water partition coefficient (Wildman–Crippen LogP) is 4.75. The maximum Gasteiger partial charge on any atom is 0.242 e. The van der Waals surface area contributed by atoms with Gasteiger partial charge in [0.15, 0.2) is 0 Å². The highest BCUT2D eigenvalue weighted by atomic mass is 35.5. The number of likely N-dealkylation sites (N-methyl/N-ethyl adjacent to an activating group) is 1. The lowest BCUT2D eigenvalue weighted by atomic mass is 10.1. The first-order valence-electron chi connectivity index (χ1n) is 10.7. The Morgan fingerprint density at radius 2 is 1.68 bits per heavy atom. The second-order valence-corrected chi connectivity index (χ2v) is 10.9. The molecule has 1 atom stereocenters. The third-order valence-corrected chi connectivity index (χ3v) is 7.42. The summed E-state index contributed by atoms with van der Waals surface area (Å²) in [6.07, 6.45) is 1.83. The summed E-state index contributed by atoms with van der Waals surface area (Å²) in [5.74, 6) is -0.555. The molecule has 2 rings (SSSR count). The van der Waals surface area contributed by atoms with E-state index in [2.05, 4.69) is 5.32 Å². The first kappa shape index (κ1) is 28.2. The summed E-state index contributed by atoms with van der Waals surface area (Å²) >= 11 is 18.0. The van der Waals surface area contributed by atoms with Gasteiger partial charge in [-0.05, 0) is 54.8 Å². The number of rotatable bonds is 11. The average molecular weight is 549 g/mol. The molecule has 1 N–H and O–H groups in total. The van der Waals surface area contributed by atoms with Gasteiger partial charge in [-0.15, -0.1) is 0 Å². The Morgan fingerprint density at radius 1 is 1.03 bits per heavy atom. The molecule has 7 nitrogen and oxygen atoms in total. The molecule has 0 aliphatic carbocycles. The summed E-state index contributed by atoms with van der Waals surface area (Å²) in [6, 6.07) is 10.8. The highest BCUT2D eigenvalue weighted by Crippen LogP contribution is 2.25. The standard InChI is InChI=1S/C23H28Cl3N3O4S/c1-4-21(23(31)27-2)28(15-16-7-12-19(25)20(26)14-16)22(30)6-5-13-29(34(3,32)33)18-10-8-17(24)9-11-18/h7-12,14,21H,4-6,13,15H2,1-3H3,(H,27,31). The van der Waals surface area contributed by atoms with Crippen LogP contribution in [0.2, 0.25) is 15.1 Å². The minimum atomic E-state index is -3.57. The molecular weight excluding hydrogens is 521 g/mol. The van der Waals surface area contributed by atoms with Gasteiger partial charge in [0.2, 0.25) is 21.8 Å². The molecule has 0 saturated heterocycles. The molecule has 2 aromatic carbocycles. The number of hydrogen-bond acceptors (Lipinski definition) is 4. The first-order chi connectivity index (χ1) is 16.0. The van der Waals surface area contributed by atoms with Crippen LogP contribution in [-0.2, 0) is 26.2 Å². The molecule has 1 unspecified atom stereocenters. The third kappa shape index (κ3) is 7.77. The van der Waals surface area contributed by atoms with Crippen LogP contribution in [0.25, 0.3) is 0 Å². The smallest absolute Gasteiger partial charge is 0.242 e. The number of carbonyl (C=O) groups is 2. The first-order valence-corrected chi connectivity index (χ1v) is 13.6. The van der Waals surface area contributed by atoms with E-state index in [1.807, 2.05) is 6.92 Å². The molecule has 0 radical (unpaired) electrons.